The van der Waals surface area contributed by atoms with Gasteiger partial charge in [-0.1, -0.05) is 18.2 Å². The molecule has 21 heavy (non-hydrogen) atoms. The predicted octanol–water partition coefficient (Wildman–Crippen LogP) is 1.04. The highest BCUT2D eigenvalue weighted by atomic mass is 32.2. The number of carbonyl (C=O) groups is 1. The molecule has 0 bridgehead atoms. The van der Waals surface area contributed by atoms with Crippen molar-refractivity contribution in [1.82, 2.24) is 0 Å². The number of nitrogens with one attached hydrogen (secondary N) is 1. The first-order valence-corrected chi connectivity index (χ1v) is 7.68. The molecule has 0 spiro atoms. The highest BCUT2D eigenvalue weighted by Crippen LogP contribution is 2.15. The summed E-state index contributed by atoms with van der Waals surface area (Å²) in [7, 11) is -3.80. The lowest BCUT2D eigenvalue weighted by molar-refractivity contribution is 0.102. The number of sulfonamides is 1. The number of hydrogen-bond donors (Lipinski definition) is 3. The second kappa shape index (κ2) is 6.04. The summed E-state index contributed by atoms with van der Waals surface area (Å²) >= 11 is 0. The maximum Gasteiger partial charge on any atom is 0.255 e. The van der Waals surface area contributed by atoms with Gasteiger partial charge in [-0.2, -0.15) is 0 Å². The van der Waals surface area contributed by atoms with Gasteiger partial charge in [0.2, 0.25) is 10.0 Å². The Labute approximate surface area is 122 Å². The van der Waals surface area contributed by atoms with Gasteiger partial charge in [-0.05, 0) is 35.9 Å². The minimum absolute atomic E-state index is 0.0567. The highest BCUT2D eigenvalue weighted by molar-refractivity contribution is 7.89. The van der Waals surface area contributed by atoms with Gasteiger partial charge in [-0.3, -0.25) is 4.79 Å². The van der Waals surface area contributed by atoms with E-state index in [0.717, 1.165) is 5.56 Å². The van der Waals surface area contributed by atoms with Crippen molar-refractivity contribution in [3.8, 4) is 0 Å². The third kappa shape index (κ3) is 3.88. The molecule has 0 atom stereocenters. The summed E-state index contributed by atoms with van der Waals surface area (Å²) in [4.78, 5) is 12.0. The number of nitrogens with two attached hydrogens (primary N) is 2. The van der Waals surface area contributed by atoms with Crippen LogP contribution in [0.4, 0.5) is 5.69 Å². The number of amides is 1. The second-order valence-electron chi connectivity index (χ2n) is 4.43. The Bertz CT molecular complexity index is 755. The van der Waals surface area contributed by atoms with E-state index in [1.54, 1.807) is 30.3 Å². The van der Waals surface area contributed by atoms with E-state index in [4.69, 9.17) is 10.9 Å². The zero-order valence-electron chi connectivity index (χ0n) is 11.1. The third-order valence-electron chi connectivity index (χ3n) is 2.87. The molecule has 0 aromatic heterocycles. The van der Waals surface area contributed by atoms with E-state index < -0.39 is 10.0 Å². The van der Waals surface area contributed by atoms with Crippen molar-refractivity contribution in [1.29, 1.82) is 0 Å². The molecule has 0 heterocycles. The van der Waals surface area contributed by atoms with Crippen molar-refractivity contribution in [3.63, 3.8) is 0 Å². The van der Waals surface area contributed by atoms with Gasteiger partial charge in [-0.15, -0.1) is 0 Å². The third-order valence-corrected chi connectivity index (χ3v) is 3.78. The fourth-order valence-electron chi connectivity index (χ4n) is 1.75. The van der Waals surface area contributed by atoms with Crippen molar-refractivity contribution in [2.75, 3.05) is 5.32 Å². The van der Waals surface area contributed by atoms with E-state index in [-0.39, 0.29) is 10.8 Å². The monoisotopic (exact) mass is 305 g/mol. The van der Waals surface area contributed by atoms with Crippen LogP contribution in [-0.4, -0.2) is 14.3 Å². The molecule has 7 heteroatoms. The van der Waals surface area contributed by atoms with E-state index in [1.807, 2.05) is 0 Å². The average Bonchev–Trinajstić information content (AvgIpc) is 2.47. The maximum absolute atomic E-state index is 12.1. The largest absolute Gasteiger partial charge is 0.326 e. The van der Waals surface area contributed by atoms with Crippen LogP contribution in [0, 0.1) is 0 Å². The normalized spacial score (nSPS) is 11.1. The molecular weight excluding hydrogens is 290 g/mol. The van der Waals surface area contributed by atoms with Crippen LogP contribution in [0.25, 0.3) is 0 Å². The topological polar surface area (TPSA) is 115 Å². The first kappa shape index (κ1) is 15.2. The molecule has 0 saturated heterocycles. The number of rotatable bonds is 4. The lowest BCUT2D eigenvalue weighted by atomic mass is 10.1. The highest BCUT2D eigenvalue weighted by Gasteiger charge is 2.10. The Balaban J connectivity index is 2.19. The van der Waals surface area contributed by atoms with Crippen LogP contribution in [-0.2, 0) is 16.6 Å². The van der Waals surface area contributed by atoms with E-state index in [1.165, 1.54) is 18.2 Å². The number of benzene rings is 2. The molecule has 2 aromatic carbocycles. The fourth-order valence-corrected chi connectivity index (χ4v) is 2.31. The Morgan fingerprint density at radius 3 is 2.33 bits per heavy atom. The van der Waals surface area contributed by atoms with Gasteiger partial charge in [0.05, 0.1) is 4.90 Å². The van der Waals surface area contributed by atoms with Gasteiger partial charge < -0.3 is 11.1 Å². The molecule has 110 valence electrons. The van der Waals surface area contributed by atoms with Crippen LogP contribution < -0.4 is 16.2 Å². The summed E-state index contributed by atoms with van der Waals surface area (Å²) in [6.45, 7) is 0.401. The van der Waals surface area contributed by atoms with Gasteiger partial charge >= 0.3 is 0 Å². The van der Waals surface area contributed by atoms with Gasteiger partial charge in [-0.25, -0.2) is 13.6 Å². The molecule has 6 nitrogen and oxygen atoms in total. The maximum atomic E-state index is 12.1. The minimum atomic E-state index is -3.80. The van der Waals surface area contributed by atoms with E-state index in [0.29, 0.717) is 17.8 Å². The Morgan fingerprint density at radius 2 is 1.76 bits per heavy atom. The zero-order chi connectivity index (χ0) is 15.5. The molecular formula is C14H15N3O3S. The summed E-state index contributed by atoms with van der Waals surface area (Å²) < 4.78 is 22.5. The summed E-state index contributed by atoms with van der Waals surface area (Å²) in [5.74, 6) is -0.342. The van der Waals surface area contributed by atoms with E-state index >= 15 is 0 Å². The molecule has 0 aliphatic carbocycles. The van der Waals surface area contributed by atoms with Gasteiger partial charge in [0, 0.05) is 17.8 Å². The van der Waals surface area contributed by atoms with Crippen LogP contribution in [0.5, 0.6) is 0 Å². The molecule has 0 fully saturated rings. The zero-order valence-corrected chi connectivity index (χ0v) is 11.9. The van der Waals surface area contributed by atoms with Crippen LogP contribution in [0.3, 0.4) is 0 Å². The van der Waals surface area contributed by atoms with Crippen molar-refractivity contribution < 1.29 is 13.2 Å². The molecule has 0 unspecified atom stereocenters. The quantitative estimate of drug-likeness (QED) is 0.782. The first-order valence-electron chi connectivity index (χ1n) is 6.13. The lowest BCUT2D eigenvalue weighted by Gasteiger charge is -2.07. The average molecular weight is 305 g/mol. The molecule has 0 aliphatic heterocycles. The summed E-state index contributed by atoms with van der Waals surface area (Å²) in [6.07, 6.45) is 0. The van der Waals surface area contributed by atoms with Crippen LogP contribution in [0.15, 0.2) is 53.4 Å². The Morgan fingerprint density at radius 1 is 1.10 bits per heavy atom. The van der Waals surface area contributed by atoms with Gasteiger partial charge in [0.25, 0.3) is 5.91 Å². The summed E-state index contributed by atoms with van der Waals surface area (Å²) in [5, 5.41) is 7.67. The molecule has 5 N–H and O–H groups in total. The molecule has 0 radical (unpaired) electrons. The van der Waals surface area contributed by atoms with Crippen molar-refractivity contribution in [2.24, 2.45) is 10.9 Å². The minimum Gasteiger partial charge on any atom is -0.326 e. The SMILES string of the molecule is NCc1ccc(C(=O)Nc2cccc(S(N)(=O)=O)c2)cc1. The van der Waals surface area contributed by atoms with Crippen molar-refractivity contribution in [2.45, 2.75) is 11.4 Å². The summed E-state index contributed by atoms with van der Waals surface area (Å²) in [5.41, 5.74) is 7.21. The predicted molar refractivity (Wildman–Crippen MR) is 80.1 cm³/mol. The standard InChI is InChI=1S/C14H15N3O3S/c15-9-10-4-6-11(7-5-10)14(18)17-12-2-1-3-13(8-12)21(16,19)20/h1-8H,9,15H2,(H,17,18)(H2,16,19,20). The van der Waals surface area contributed by atoms with Crippen LogP contribution >= 0.6 is 0 Å². The molecule has 2 aromatic rings. The first-order chi connectivity index (χ1) is 9.90. The molecule has 2 rings (SSSR count). The number of anilines is 1. The van der Waals surface area contributed by atoms with E-state index in [9.17, 15) is 13.2 Å². The van der Waals surface area contributed by atoms with Crippen LogP contribution in [0.2, 0.25) is 0 Å². The Hall–Kier alpha value is -2.22. The van der Waals surface area contributed by atoms with Crippen molar-refractivity contribution in [3.05, 3.63) is 59.7 Å². The molecule has 0 aliphatic rings. The van der Waals surface area contributed by atoms with E-state index in [2.05, 4.69) is 5.32 Å². The smallest absolute Gasteiger partial charge is 0.255 e. The van der Waals surface area contributed by atoms with Crippen LogP contribution in [0.1, 0.15) is 15.9 Å². The second-order valence-corrected chi connectivity index (χ2v) is 5.99. The molecule has 1 amide bonds. The van der Waals surface area contributed by atoms with Gasteiger partial charge in [0.15, 0.2) is 0 Å². The van der Waals surface area contributed by atoms with Gasteiger partial charge in [0.1, 0.15) is 0 Å². The molecule has 0 saturated carbocycles. The van der Waals surface area contributed by atoms with Crippen molar-refractivity contribution >= 4 is 21.6 Å². The Kier molecular flexibility index (Phi) is 4.37. The summed E-state index contributed by atoms with van der Waals surface area (Å²) in [6, 6.07) is 12.6. The number of primary sulfonamides is 1. The lowest BCUT2D eigenvalue weighted by Crippen LogP contribution is -2.15. The fraction of sp³-hybridized carbons (Fsp3) is 0.0714. The number of carbonyl (C=O) groups excluding carboxylic acids is 1. The number of hydrogen-bond acceptors (Lipinski definition) is 4.